The summed E-state index contributed by atoms with van der Waals surface area (Å²) in [7, 11) is 1.64. The van der Waals surface area contributed by atoms with Crippen molar-refractivity contribution in [1.29, 1.82) is 0 Å². The third-order valence-electron chi connectivity index (χ3n) is 1.77. The number of ether oxygens (including phenoxy) is 1. The quantitative estimate of drug-likeness (QED) is 0.563. The van der Waals surface area contributed by atoms with Gasteiger partial charge in [0.25, 0.3) is 0 Å². The molecule has 1 aliphatic rings. The molecule has 0 radical (unpaired) electrons. The van der Waals surface area contributed by atoms with E-state index in [-0.39, 0.29) is 0 Å². The van der Waals surface area contributed by atoms with E-state index in [0.29, 0.717) is 0 Å². The maximum Gasteiger partial charge on any atom is 0.209 e. The second-order valence-corrected chi connectivity index (χ2v) is 2.57. The highest BCUT2D eigenvalue weighted by Gasteiger charge is 2.00. The zero-order valence-electron chi connectivity index (χ0n) is 7.22. The van der Waals surface area contributed by atoms with Gasteiger partial charge < -0.3 is 4.74 Å². The molecule has 1 aliphatic heterocycles. The second-order valence-electron chi connectivity index (χ2n) is 2.57. The van der Waals surface area contributed by atoms with Crippen LogP contribution in [0.2, 0.25) is 0 Å². The van der Waals surface area contributed by atoms with Crippen LogP contribution in [-0.2, 0) is 4.74 Å². The van der Waals surface area contributed by atoms with E-state index in [1.54, 1.807) is 7.11 Å². The molecule has 0 aliphatic carbocycles. The highest BCUT2D eigenvalue weighted by molar-refractivity contribution is 5.98. The summed E-state index contributed by atoms with van der Waals surface area (Å²) in [5, 5.41) is 0. The minimum atomic E-state index is 0.718. The molecule has 11 heavy (non-hydrogen) atoms. The maximum atomic E-state index is 5.03. The van der Waals surface area contributed by atoms with E-state index >= 15 is 0 Å². The number of methoxy groups -OCH3 is 1. The first-order valence-corrected chi connectivity index (χ1v) is 3.70. The van der Waals surface area contributed by atoms with Crippen molar-refractivity contribution in [2.75, 3.05) is 7.11 Å². The van der Waals surface area contributed by atoms with Crippen LogP contribution in [0.15, 0.2) is 28.6 Å². The van der Waals surface area contributed by atoms with Gasteiger partial charge in [-0.3, -0.25) is 0 Å². The molecule has 2 heteroatoms. The van der Waals surface area contributed by atoms with E-state index in [1.807, 2.05) is 13.0 Å². The molecule has 0 saturated heterocycles. The molecule has 1 heterocycles. The van der Waals surface area contributed by atoms with Gasteiger partial charge in [-0.25, -0.2) is 4.99 Å². The number of hydrogen-bond acceptors (Lipinski definition) is 2. The smallest absolute Gasteiger partial charge is 0.209 e. The minimum absolute atomic E-state index is 0.718. The van der Waals surface area contributed by atoms with Gasteiger partial charge in [0, 0.05) is 5.71 Å². The molecule has 0 unspecified atom stereocenters. The van der Waals surface area contributed by atoms with Crippen LogP contribution >= 0.6 is 0 Å². The summed E-state index contributed by atoms with van der Waals surface area (Å²) in [5.41, 5.74) is 2.27. The fraction of sp³-hybridized carbons (Fsp3) is 0.444. The van der Waals surface area contributed by atoms with Crippen molar-refractivity contribution in [2.24, 2.45) is 4.99 Å². The van der Waals surface area contributed by atoms with Crippen molar-refractivity contribution in [3.8, 4) is 0 Å². The maximum absolute atomic E-state index is 5.03. The standard InChI is InChI=1S/C9H13NO/c1-7-5-4-6-9(11-3)10-8(7)2/h5-6H,4H2,1-3H3. The van der Waals surface area contributed by atoms with E-state index in [4.69, 9.17) is 4.74 Å². The van der Waals surface area contributed by atoms with Gasteiger partial charge in [0.1, 0.15) is 0 Å². The van der Waals surface area contributed by atoms with E-state index in [9.17, 15) is 0 Å². The van der Waals surface area contributed by atoms with Gasteiger partial charge in [0.15, 0.2) is 0 Å². The van der Waals surface area contributed by atoms with E-state index in [2.05, 4.69) is 18.0 Å². The zero-order chi connectivity index (χ0) is 8.27. The van der Waals surface area contributed by atoms with Crippen LogP contribution in [0.4, 0.5) is 0 Å². The third-order valence-corrected chi connectivity index (χ3v) is 1.77. The normalized spacial score (nSPS) is 17.9. The lowest BCUT2D eigenvalue weighted by Crippen LogP contribution is -1.93. The fourth-order valence-electron chi connectivity index (χ4n) is 0.912. The van der Waals surface area contributed by atoms with Crippen LogP contribution < -0.4 is 0 Å². The summed E-state index contributed by atoms with van der Waals surface area (Å²) in [6, 6.07) is 0. The molecule has 0 aromatic carbocycles. The molecule has 0 saturated carbocycles. The lowest BCUT2D eigenvalue weighted by atomic mass is 10.2. The van der Waals surface area contributed by atoms with E-state index in [1.165, 1.54) is 5.57 Å². The van der Waals surface area contributed by atoms with Crippen LogP contribution in [0.1, 0.15) is 20.3 Å². The van der Waals surface area contributed by atoms with E-state index in [0.717, 1.165) is 18.0 Å². The molecule has 0 aromatic heterocycles. The van der Waals surface area contributed by atoms with Gasteiger partial charge in [0.2, 0.25) is 5.88 Å². The number of allylic oxidation sites excluding steroid dienone is 3. The molecule has 0 atom stereocenters. The summed E-state index contributed by atoms with van der Waals surface area (Å²) in [5.74, 6) is 0.718. The van der Waals surface area contributed by atoms with Crippen molar-refractivity contribution in [2.45, 2.75) is 20.3 Å². The number of nitrogens with zero attached hydrogens (tertiary/aromatic N) is 1. The lowest BCUT2D eigenvalue weighted by Gasteiger charge is -1.99. The van der Waals surface area contributed by atoms with Gasteiger partial charge in [-0.1, -0.05) is 6.08 Å². The van der Waals surface area contributed by atoms with Crippen LogP contribution in [0.25, 0.3) is 0 Å². The number of hydrogen-bond donors (Lipinski definition) is 0. The monoisotopic (exact) mass is 151 g/mol. The Balaban J connectivity index is 2.87. The third kappa shape index (κ3) is 1.93. The van der Waals surface area contributed by atoms with Gasteiger partial charge in [-0.2, -0.15) is 0 Å². The summed E-state index contributed by atoms with van der Waals surface area (Å²) in [6.45, 7) is 4.05. The highest BCUT2D eigenvalue weighted by atomic mass is 16.5. The van der Waals surface area contributed by atoms with Crippen molar-refractivity contribution < 1.29 is 4.74 Å². The van der Waals surface area contributed by atoms with Gasteiger partial charge >= 0.3 is 0 Å². The largest absolute Gasteiger partial charge is 0.481 e. The van der Waals surface area contributed by atoms with Crippen LogP contribution in [-0.4, -0.2) is 12.8 Å². The Bertz CT molecular complexity index is 236. The molecule has 60 valence electrons. The van der Waals surface area contributed by atoms with Crippen molar-refractivity contribution in [3.05, 3.63) is 23.6 Å². The topological polar surface area (TPSA) is 21.6 Å². The second kappa shape index (κ2) is 3.37. The first-order valence-electron chi connectivity index (χ1n) is 3.70. The summed E-state index contributed by atoms with van der Waals surface area (Å²) < 4.78 is 5.03. The summed E-state index contributed by atoms with van der Waals surface area (Å²) in [4.78, 5) is 4.26. The minimum Gasteiger partial charge on any atom is -0.481 e. The van der Waals surface area contributed by atoms with Crippen molar-refractivity contribution in [3.63, 3.8) is 0 Å². The first kappa shape index (κ1) is 8.05. The number of aliphatic imine (C=N–C) groups is 1. The molecule has 0 amide bonds. The van der Waals surface area contributed by atoms with Crippen LogP contribution in [0, 0.1) is 0 Å². The first-order chi connectivity index (χ1) is 5.24. The number of rotatable bonds is 1. The zero-order valence-corrected chi connectivity index (χ0v) is 7.22. The molecule has 0 spiro atoms. The average Bonchev–Trinajstić information content (AvgIpc) is 2.15. The summed E-state index contributed by atoms with van der Waals surface area (Å²) in [6.07, 6.45) is 5.03. The van der Waals surface area contributed by atoms with E-state index < -0.39 is 0 Å². The molecule has 0 aromatic rings. The molecule has 0 fully saturated rings. The van der Waals surface area contributed by atoms with Gasteiger partial charge in [-0.15, -0.1) is 0 Å². The summed E-state index contributed by atoms with van der Waals surface area (Å²) >= 11 is 0. The Morgan fingerprint density at radius 3 is 2.73 bits per heavy atom. The Kier molecular flexibility index (Phi) is 2.47. The predicted molar refractivity (Wildman–Crippen MR) is 46.6 cm³/mol. The van der Waals surface area contributed by atoms with Gasteiger partial charge in [-0.05, 0) is 31.9 Å². The van der Waals surface area contributed by atoms with Crippen molar-refractivity contribution in [1.82, 2.24) is 0 Å². The Morgan fingerprint density at radius 2 is 2.09 bits per heavy atom. The SMILES string of the molecule is COC1=CCC=C(C)C(C)=N1. The Morgan fingerprint density at radius 1 is 1.36 bits per heavy atom. The lowest BCUT2D eigenvalue weighted by molar-refractivity contribution is 0.287. The van der Waals surface area contributed by atoms with Crippen molar-refractivity contribution >= 4 is 5.71 Å². The molecule has 0 bridgehead atoms. The van der Waals surface area contributed by atoms with Gasteiger partial charge in [0.05, 0.1) is 7.11 Å². The molecule has 0 N–H and O–H groups in total. The van der Waals surface area contributed by atoms with Crippen LogP contribution in [0.3, 0.4) is 0 Å². The molecular formula is C9H13NO. The Labute approximate surface area is 67.3 Å². The predicted octanol–water partition coefficient (Wildman–Crippen LogP) is 2.29. The highest BCUT2D eigenvalue weighted by Crippen LogP contribution is 2.10. The Hall–Kier alpha value is -1.05. The molecule has 1 rings (SSSR count). The molecule has 2 nitrogen and oxygen atoms in total. The fourth-order valence-corrected chi connectivity index (χ4v) is 0.912. The van der Waals surface area contributed by atoms with Crippen LogP contribution in [0.5, 0.6) is 0 Å². The average molecular weight is 151 g/mol. The molecular weight excluding hydrogens is 138 g/mol.